The maximum absolute atomic E-state index is 12.0. The van der Waals surface area contributed by atoms with Gasteiger partial charge in [0.05, 0.1) is 5.52 Å². The first kappa shape index (κ1) is 12.9. The van der Waals surface area contributed by atoms with Gasteiger partial charge in [0.1, 0.15) is 11.9 Å². The van der Waals surface area contributed by atoms with Crippen LogP contribution in [0.2, 0.25) is 0 Å². The second kappa shape index (κ2) is 5.49. The van der Waals surface area contributed by atoms with E-state index >= 15 is 0 Å². The molecule has 1 amide bonds. The van der Waals surface area contributed by atoms with Crippen molar-refractivity contribution in [2.45, 2.75) is 32.2 Å². The van der Waals surface area contributed by atoms with E-state index in [0.717, 1.165) is 42.5 Å². The standard InChI is InChI=1S/C16H19N3O/c1-11-10-15(18-13-7-3-2-6-12(11)13)19-14-8-4-5-9-17-16(14)20/h2-3,6-7,10,14H,4-5,8-9H2,1H3,(H,17,20)(H,18,19). The number of rotatable bonds is 2. The van der Waals surface area contributed by atoms with Gasteiger partial charge >= 0.3 is 0 Å². The van der Waals surface area contributed by atoms with Crippen LogP contribution in [0.5, 0.6) is 0 Å². The highest BCUT2D eigenvalue weighted by atomic mass is 16.2. The minimum Gasteiger partial charge on any atom is -0.358 e. The quantitative estimate of drug-likeness (QED) is 0.881. The summed E-state index contributed by atoms with van der Waals surface area (Å²) >= 11 is 0. The van der Waals surface area contributed by atoms with E-state index in [1.165, 1.54) is 5.56 Å². The van der Waals surface area contributed by atoms with Gasteiger partial charge in [-0.15, -0.1) is 0 Å². The summed E-state index contributed by atoms with van der Waals surface area (Å²) in [5, 5.41) is 7.37. The lowest BCUT2D eigenvalue weighted by molar-refractivity contribution is -0.121. The molecule has 1 aromatic heterocycles. The van der Waals surface area contributed by atoms with E-state index in [1.54, 1.807) is 0 Å². The summed E-state index contributed by atoms with van der Waals surface area (Å²) in [6.45, 7) is 2.85. The molecule has 20 heavy (non-hydrogen) atoms. The Morgan fingerprint density at radius 3 is 3.05 bits per heavy atom. The number of hydrogen-bond acceptors (Lipinski definition) is 3. The van der Waals surface area contributed by atoms with Crippen molar-refractivity contribution < 1.29 is 4.79 Å². The summed E-state index contributed by atoms with van der Waals surface area (Å²) < 4.78 is 0. The summed E-state index contributed by atoms with van der Waals surface area (Å²) in [7, 11) is 0. The molecule has 1 aromatic carbocycles. The maximum Gasteiger partial charge on any atom is 0.242 e. The van der Waals surface area contributed by atoms with Crippen LogP contribution in [0.15, 0.2) is 30.3 Å². The van der Waals surface area contributed by atoms with Crippen molar-refractivity contribution in [1.29, 1.82) is 0 Å². The molecule has 0 aliphatic carbocycles. The summed E-state index contributed by atoms with van der Waals surface area (Å²) in [6, 6.07) is 9.91. The highest BCUT2D eigenvalue weighted by Gasteiger charge is 2.20. The molecule has 0 saturated carbocycles. The molecule has 0 radical (unpaired) electrons. The largest absolute Gasteiger partial charge is 0.358 e. The molecule has 0 bridgehead atoms. The maximum atomic E-state index is 12.0. The zero-order valence-electron chi connectivity index (χ0n) is 11.6. The first-order chi connectivity index (χ1) is 9.74. The summed E-state index contributed by atoms with van der Waals surface area (Å²) in [6.07, 6.45) is 2.97. The smallest absolute Gasteiger partial charge is 0.242 e. The Hall–Kier alpha value is -2.10. The van der Waals surface area contributed by atoms with Gasteiger partial charge < -0.3 is 10.6 Å². The van der Waals surface area contributed by atoms with E-state index in [9.17, 15) is 4.79 Å². The number of fused-ring (bicyclic) bond motifs is 1. The third-order valence-corrected chi connectivity index (χ3v) is 3.78. The van der Waals surface area contributed by atoms with Crippen LogP contribution in [-0.4, -0.2) is 23.5 Å². The monoisotopic (exact) mass is 269 g/mol. The highest BCUT2D eigenvalue weighted by Crippen LogP contribution is 2.21. The van der Waals surface area contributed by atoms with Gasteiger partial charge in [-0.2, -0.15) is 0 Å². The Morgan fingerprint density at radius 2 is 2.15 bits per heavy atom. The topological polar surface area (TPSA) is 54.0 Å². The molecule has 2 aromatic rings. The zero-order valence-corrected chi connectivity index (χ0v) is 11.6. The molecule has 1 unspecified atom stereocenters. The molecule has 104 valence electrons. The first-order valence-corrected chi connectivity index (χ1v) is 7.15. The Kier molecular flexibility index (Phi) is 3.54. The molecule has 4 nitrogen and oxygen atoms in total. The van der Waals surface area contributed by atoms with Gasteiger partial charge in [-0.1, -0.05) is 18.2 Å². The van der Waals surface area contributed by atoms with Crippen molar-refractivity contribution in [3.63, 3.8) is 0 Å². The van der Waals surface area contributed by atoms with Gasteiger partial charge in [0.15, 0.2) is 0 Å². The first-order valence-electron chi connectivity index (χ1n) is 7.15. The van der Waals surface area contributed by atoms with Gasteiger partial charge in [-0.3, -0.25) is 4.79 Å². The molecule has 3 rings (SSSR count). The Morgan fingerprint density at radius 1 is 1.30 bits per heavy atom. The van der Waals surface area contributed by atoms with E-state index in [0.29, 0.717) is 0 Å². The lowest BCUT2D eigenvalue weighted by atomic mass is 10.1. The molecular formula is C16H19N3O. The molecule has 1 atom stereocenters. The van der Waals surface area contributed by atoms with Crippen LogP contribution in [0.25, 0.3) is 10.9 Å². The Labute approximate surface area is 118 Å². The number of benzene rings is 1. The number of anilines is 1. The third-order valence-electron chi connectivity index (χ3n) is 3.78. The number of hydrogen-bond donors (Lipinski definition) is 2. The lowest BCUT2D eigenvalue weighted by Crippen LogP contribution is -2.38. The lowest BCUT2D eigenvalue weighted by Gasteiger charge is -2.16. The predicted octanol–water partition coefficient (Wildman–Crippen LogP) is 2.62. The second-order valence-electron chi connectivity index (χ2n) is 5.33. The SMILES string of the molecule is Cc1cc(NC2CCCCNC2=O)nc2ccccc12. The number of carbonyl (C=O) groups excluding carboxylic acids is 1. The molecule has 2 N–H and O–H groups in total. The second-order valence-corrected chi connectivity index (χ2v) is 5.33. The van der Waals surface area contributed by atoms with E-state index in [-0.39, 0.29) is 11.9 Å². The van der Waals surface area contributed by atoms with E-state index in [1.807, 2.05) is 24.3 Å². The summed E-state index contributed by atoms with van der Waals surface area (Å²) in [5.41, 5.74) is 2.14. The normalized spacial score (nSPS) is 19.4. The van der Waals surface area contributed by atoms with Crippen LogP contribution in [-0.2, 0) is 4.79 Å². The molecule has 1 saturated heterocycles. The van der Waals surface area contributed by atoms with Crippen molar-refractivity contribution in [3.8, 4) is 0 Å². The minimum atomic E-state index is -0.175. The molecule has 4 heteroatoms. The number of para-hydroxylation sites is 1. The van der Waals surface area contributed by atoms with Crippen molar-refractivity contribution >= 4 is 22.6 Å². The average Bonchev–Trinajstić information content (AvgIpc) is 2.64. The van der Waals surface area contributed by atoms with Crippen molar-refractivity contribution in [3.05, 3.63) is 35.9 Å². The van der Waals surface area contributed by atoms with Crippen LogP contribution in [0, 0.1) is 6.92 Å². The van der Waals surface area contributed by atoms with E-state index in [2.05, 4.69) is 28.6 Å². The molecular weight excluding hydrogens is 250 g/mol. The van der Waals surface area contributed by atoms with E-state index in [4.69, 9.17) is 0 Å². The number of pyridine rings is 1. The Balaban J connectivity index is 1.88. The number of aryl methyl sites for hydroxylation is 1. The van der Waals surface area contributed by atoms with Crippen molar-refractivity contribution in [2.75, 3.05) is 11.9 Å². The molecule has 1 fully saturated rings. The van der Waals surface area contributed by atoms with Gasteiger partial charge in [0, 0.05) is 11.9 Å². The fraction of sp³-hybridized carbons (Fsp3) is 0.375. The number of aromatic nitrogens is 1. The number of nitrogens with zero attached hydrogens (tertiary/aromatic N) is 1. The van der Waals surface area contributed by atoms with E-state index < -0.39 is 0 Å². The fourth-order valence-electron chi connectivity index (χ4n) is 2.68. The minimum absolute atomic E-state index is 0.0788. The fourth-order valence-corrected chi connectivity index (χ4v) is 2.68. The number of carbonyl (C=O) groups is 1. The average molecular weight is 269 g/mol. The summed E-state index contributed by atoms with van der Waals surface area (Å²) in [5.74, 6) is 0.860. The van der Waals surface area contributed by atoms with Gasteiger partial charge in [-0.05, 0) is 43.9 Å². The van der Waals surface area contributed by atoms with Crippen molar-refractivity contribution in [1.82, 2.24) is 10.3 Å². The molecule has 1 aliphatic heterocycles. The van der Waals surface area contributed by atoms with Gasteiger partial charge in [0.25, 0.3) is 0 Å². The highest BCUT2D eigenvalue weighted by molar-refractivity contribution is 5.86. The molecule has 0 spiro atoms. The van der Waals surface area contributed by atoms with Crippen LogP contribution in [0.4, 0.5) is 5.82 Å². The predicted molar refractivity (Wildman–Crippen MR) is 80.8 cm³/mol. The Bertz CT molecular complexity index is 639. The van der Waals surface area contributed by atoms with Gasteiger partial charge in [0.2, 0.25) is 5.91 Å². The van der Waals surface area contributed by atoms with Crippen LogP contribution in [0.1, 0.15) is 24.8 Å². The van der Waals surface area contributed by atoms with Crippen molar-refractivity contribution in [2.24, 2.45) is 0 Å². The molecule has 2 heterocycles. The zero-order chi connectivity index (χ0) is 13.9. The number of nitrogens with one attached hydrogen (secondary N) is 2. The van der Waals surface area contributed by atoms with Crippen LogP contribution in [0.3, 0.4) is 0 Å². The van der Waals surface area contributed by atoms with Crippen LogP contribution < -0.4 is 10.6 Å². The third kappa shape index (κ3) is 2.59. The van der Waals surface area contributed by atoms with Crippen LogP contribution >= 0.6 is 0 Å². The van der Waals surface area contributed by atoms with Gasteiger partial charge in [-0.25, -0.2) is 4.98 Å². The number of amides is 1. The molecule has 1 aliphatic rings. The summed E-state index contributed by atoms with van der Waals surface area (Å²) in [4.78, 5) is 16.6.